The minimum atomic E-state index is -0.147. The Morgan fingerprint density at radius 1 is 1.06 bits per heavy atom. The summed E-state index contributed by atoms with van der Waals surface area (Å²) in [5.41, 5.74) is 3.71. The average molecular weight is 479 g/mol. The largest absolute Gasteiger partial charge is 0.495 e. The van der Waals surface area contributed by atoms with Crippen molar-refractivity contribution in [3.05, 3.63) is 88.9 Å². The quantitative estimate of drug-likeness (QED) is 0.329. The van der Waals surface area contributed by atoms with E-state index in [0.717, 1.165) is 22.5 Å². The third-order valence-electron chi connectivity index (χ3n) is 4.96. The highest BCUT2D eigenvalue weighted by atomic mass is 35.5. The minimum Gasteiger partial charge on any atom is -0.495 e. The van der Waals surface area contributed by atoms with Crippen molar-refractivity contribution in [3.8, 4) is 17.1 Å². The Morgan fingerprint density at radius 2 is 1.82 bits per heavy atom. The first kappa shape index (κ1) is 22.9. The molecule has 0 saturated heterocycles. The Balaban J connectivity index is 1.55. The van der Waals surface area contributed by atoms with Gasteiger partial charge >= 0.3 is 0 Å². The summed E-state index contributed by atoms with van der Waals surface area (Å²) in [6.07, 6.45) is 0. The van der Waals surface area contributed by atoms with E-state index in [4.69, 9.17) is 16.3 Å². The predicted molar refractivity (Wildman–Crippen MR) is 133 cm³/mol. The molecular weight excluding hydrogens is 456 g/mol. The van der Waals surface area contributed by atoms with Crippen molar-refractivity contribution in [3.63, 3.8) is 0 Å². The summed E-state index contributed by atoms with van der Waals surface area (Å²) in [5, 5.41) is 13.0. The molecule has 0 unspecified atom stereocenters. The van der Waals surface area contributed by atoms with Crippen molar-refractivity contribution >= 4 is 35.0 Å². The van der Waals surface area contributed by atoms with Crippen LogP contribution in [0.2, 0.25) is 5.02 Å². The molecule has 6 nitrogen and oxygen atoms in total. The van der Waals surface area contributed by atoms with Crippen LogP contribution in [0.4, 0.5) is 5.69 Å². The lowest BCUT2D eigenvalue weighted by molar-refractivity contribution is -0.113. The molecule has 1 heterocycles. The van der Waals surface area contributed by atoms with Gasteiger partial charge in [0.05, 0.1) is 25.1 Å². The van der Waals surface area contributed by atoms with Crippen LogP contribution in [0, 0.1) is 6.92 Å². The van der Waals surface area contributed by atoms with Gasteiger partial charge in [-0.1, -0.05) is 59.8 Å². The number of amides is 1. The fourth-order valence-electron chi connectivity index (χ4n) is 3.35. The van der Waals surface area contributed by atoms with Gasteiger partial charge in [0.25, 0.3) is 0 Å². The van der Waals surface area contributed by atoms with Crippen LogP contribution in [0.25, 0.3) is 11.4 Å². The number of ether oxygens (including phenoxy) is 1. The molecule has 4 aromatic rings. The van der Waals surface area contributed by atoms with Gasteiger partial charge in [0.1, 0.15) is 5.75 Å². The van der Waals surface area contributed by atoms with E-state index in [-0.39, 0.29) is 11.7 Å². The Labute approximate surface area is 202 Å². The number of nitrogens with one attached hydrogen (secondary N) is 1. The molecule has 0 saturated carbocycles. The van der Waals surface area contributed by atoms with E-state index in [0.29, 0.717) is 28.2 Å². The van der Waals surface area contributed by atoms with Crippen LogP contribution in [0.15, 0.2) is 78.0 Å². The van der Waals surface area contributed by atoms with Crippen LogP contribution in [-0.2, 0) is 11.3 Å². The van der Waals surface area contributed by atoms with Crippen LogP contribution in [0.1, 0.15) is 11.1 Å². The molecule has 0 spiro atoms. The van der Waals surface area contributed by atoms with Crippen LogP contribution >= 0.6 is 23.4 Å². The normalized spacial score (nSPS) is 10.8. The number of hydrogen-bond acceptors (Lipinski definition) is 5. The number of methoxy groups -OCH3 is 1. The second-order valence-corrected chi connectivity index (χ2v) is 8.80. The second-order valence-electron chi connectivity index (χ2n) is 7.43. The highest BCUT2D eigenvalue weighted by molar-refractivity contribution is 7.99. The van der Waals surface area contributed by atoms with E-state index in [2.05, 4.69) is 27.6 Å². The minimum absolute atomic E-state index is 0.147. The van der Waals surface area contributed by atoms with E-state index in [9.17, 15) is 4.79 Å². The molecule has 1 aromatic heterocycles. The van der Waals surface area contributed by atoms with Gasteiger partial charge < -0.3 is 10.1 Å². The number of aryl methyl sites for hydroxylation is 1. The number of rotatable bonds is 8. The number of thioether (sulfide) groups is 1. The van der Waals surface area contributed by atoms with Crippen LogP contribution in [0.3, 0.4) is 0 Å². The lowest BCUT2D eigenvalue weighted by atomic mass is 10.2. The number of nitrogens with zero attached hydrogens (tertiary/aromatic N) is 3. The van der Waals surface area contributed by atoms with Gasteiger partial charge in [-0.25, -0.2) is 0 Å². The standard InChI is InChI=1S/C25H23ClN4O2S/c1-17-8-13-22(32-2)21(14-17)27-23(31)16-33-25-29-28-24(19-9-11-20(26)12-10-19)30(25)15-18-6-4-3-5-7-18/h3-14H,15-16H2,1-2H3,(H,27,31). The Bertz CT molecular complexity index is 1240. The first-order valence-electron chi connectivity index (χ1n) is 10.3. The number of benzene rings is 3. The Kier molecular flexibility index (Phi) is 7.32. The van der Waals surface area contributed by atoms with Crippen LogP contribution in [0.5, 0.6) is 5.75 Å². The molecule has 168 valence electrons. The molecule has 0 bridgehead atoms. The van der Waals surface area contributed by atoms with E-state index < -0.39 is 0 Å². The zero-order valence-corrected chi connectivity index (χ0v) is 19.9. The fourth-order valence-corrected chi connectivity index (χ4v) is 4.22. The van der Waals surface area contributed by atoms with Crippen molar-refractivity contribution in [1.29, 1.82) is 0 Å². The zero-order chi connectivity index (χ0) is 23.2. The van der Waals surface area contributed by atoms with Crippen LogP contribution in [-0.4, -0.2) is 33.5 Å². The van der Waals surface area contributed by atoms with Crippen molar-refractivity contribution < 1.29 is 9.53 Å². The molecule has 0 aliphatic heterocycles. The molecule has 1 amide bonds. The maximum Gasteiger partial charge on any atom is 0.234 e. The van der Waals surface area contributed by atoms with Crippen molar-refractivity contribution in [2.75, 3.05) is 18.2 Å². The fraction of sp³-hybridized carbons (Fsp3) is 0.160. The zero-order valence-electron chi connectivity index (χ0n) is 18.3. The molecule has 0 radical (unpaired) electrons. The number of hydrogen-bond donors (Lipinski definition) is 1. The number of carbonyl (C=O) groups excluding carboxylic acids is 1. The van der Waals surface area contributed by atoms with Gasteiger partial charge in [-0.15, -0.1) is 10.2 Å². The molecule has 0 aliphatic carbocycles. The van der Waals surface area contributed by atoms with E-state index in [1.165, 1.54) is 11.8 Å². The van der Waals surface area contributed by atoms with Gasteiger partial charge in [-0.05, 0) is 54.4 Å². The summed E-state index contributed by atoms with van der Waals surface area (Å²) in [6.45, 7) is 2.55. The molecule has 0 atom stereocenters. The topological polar surface area (TPSA) is 69.0 Å². The highest BCUT2D eigenvalue weighted by Gasteiger charge is 2.17. The maximum absolute atomic E-state index is 12.7. The lowest BCUT2D eigenvalue weighted by Crippen LogP contribution is -2.15. The molecule has 1 N–H and O–H groups in total. The predicted octanol–water partition coefficient (Wildman–Crippen LogP) is 5.69. The lowest BCUT2D eigenvalue weighted by Gasteiger charge is -2.12. The summed E-state index contributed by atoms with van der Waals surface area (Å²) in [7, 11) is 1.58. The van der Waals surface area contributed by atoms with Crippen molar-refractivity contribution in [1.82, 2.24) is 14.8 Å². The maximum atomic E-state index is 12.7. The van der Waals surface area contributed by atoms with Gasteiger partial charge in [-0.2, -0.15) is 0 Å². The molecular formula is C25H23ClN4O2S. The molecule has 0 aliphatic rings. The van der Waals surface area contributed by atoms with E-state index in [1.54, 1.807) is 7.11 Å². The smallest absolute Gasteiger partial charge is 0.234 e. The first-order valence-corrected chi connectivity index (χ1v) is 11.7. The monoisotopic (exact) mass is 478 g/mol. The summed E-state index contributed by atoms with van der Waals surface area (Å²) in [4.78, 5) is 12.7. The number of anilines is 1. The highest BCUT2D eigenvalue weighted by Crippen LogP contribution is 2.28. The van der Waals surface area contributed by atoms with Crippen molar-refractivity contribution in [2.24, 2.45) is 0 Å². The Morgan fingerprint density at radius 3 is 2.55 bits per heavy atom. The average Bonchev–Trinajstić information content (AvgIpc) is 3.21. The number of aromatic nitrogens is 3. The van der Waals surface area contributed by atoms with Gasteiger partial charge in [0.15, 0.2) is 11.0 Å². The third-order valence-corrected chi connectivity index (χ3v) is 6.18. The molecule has 8 heteroatoms. The van der Waals surface area contributed by atoms with E-state index in [1.807, 2.05) is 72.2 Å². The molecule has 4 rings (SSSR count). The van der Waals surface area contributed by atoms with Gasteiger partial charge in [0.2, 0.25) is 5.91 Å². The summed E-state index contributed by atoms with van der Waals surface area (Å²) in [6, 6.07) is 23.2. The number of carbonyl (C=O) groups is 1. The Hall–Kier alpha value is -3.29. The van der Waals surface area contributed by atoms with Crippen LogP contribution < -0.4 is 10.1 Å². The SMILES string of the molecule is COc1ccc(C)cc1NC(=O)CSc1nnc(-c2ccc(Cl)cc2)n1Cc1ccccc1. The van der Waals surface area contributed by atoms with Gasteiger partial charge in [0, 0.05) is 10.6 Å². The number of halogens is 1. The second kappa shape index (κ2) is 10.6. The molecule has 0 fully saturated rings. The molecule has 33 heavy (non-hydrogen) atoms. The summed E-state index contributed by atoms with van der Waals surface area (Å²) >= 11 is 7.40. The third kappa shape index (κ3) is 5.74. The summed E-state index contributed by atoms with van der Waals surface area (Å²) in [5.74, 6) is 1.38. The van der Waals surface area contributed by atoms with Gasteiger partial charge in [-0.3, -0.25) is 9.36 Å². The summed E-state index contributed by atoms with van der Waals surface area (Å²) < 4.78 is 7.37. The van der Waals surface area contributed by atoms with E-state index >= 15 is 0 Å². The van der Waals surface area contributed by atoms with Crippen molar-refractivity contribution in [2.45, 2.75) is 18.6 Å². The first-order chi connectivity index (χ1) is 16.0. The molecule has 3 aromatic carbocycles.